The van der Waals surface area contributed by atoms with Crippen LogP contribution in [0.4, 0.5) is 0 Å². The fraction of sp³-hybridized carbons (Fsp3) is 1.00. The van der Waals surface area contributed by atoms with Crippen LogP contribution in [0.25, 0.3) is 0 Å². The molecule has 0 saturated carbocycles. The van der Waals surface area contributed by atoms with E-state index in [2.05, 4.69) is 0 Å². The topological polar surface area (TPSA) is 66.5 Å². The van der Waals surface area contributed by atoms with Crippen LogP contribution in [0.2, 0.25) is 0 Å². The number of hydrogen-bond acceptors (Lipinski definition) is 3. The van der Waals surface area contributed by atoms with Crippen LogP contribution in [0.5, 0.6) is 0 Å². The normalized spacial score (nSPS) is 14.1. The molecule has 10 heavy (non-hydrogen) atoms. The van der Waals surface area contributed by atoms with E-state index in [4.69, 9.17) is 15.9 Å². The van der Waals surface area contributed by atoms with Crippen LogP contribution >= 0.6 is 0 Å². The Hall–Kier alpha value is -0.120. The average molecular weight is 147 g/mol. The Morgan fingerprint density at radius 3 is 2.30 bits per heavy atom. The molecule has 1 unspecified atom stereocenters. The highest BCUT2D eigenvalue weighted by Crippen LogP contribution is 2.02. The van der Waals surface area contributed by atoms with E-state index < -0.39 is 6.29 Å². The van der Waals surface area contributed by atoms with Crippen molar-refractivity contribution in [2.45, 2.75) is 44.9 Å². The van der Waals surface area contributed by atoms with Gasteiger partial charge in [-0.05, 0) is 25.7 Å². The molecule has 0 aromatic heterocycles. The maximum Gasteiger partial charge on any atom is 0.151 e. The summed E-state index contributed by atoms with van der Waals surface area (Å²) in [6.45, 7) is 2.03. The number of rotatable bonds is 5. The smallest absolute Gasteiger partial charge is 0.151 e. The summed E-state index contributed by atoms with van der Waals surface area (Å²) >= 11 is 0. The Kier molecular flexibility index (Phi) is 5.58. The van der Waals surface area contributed by atoms with Crippen LogP contribution in [0.1, 0.15) is 32.6 Å². The molecule has 0 radical (unpaired) electrons. The summed E-state index contributed by atoms with van der Waals surface area (Å²) in [5.41, 5.74) is 5.60. The Morgan fingerprint density at radius 2 is 1.90 bits per heavy atom. The molecule has 3 heteroatoms. The van der Waals surface area contributed by atoms with Crippen molar-refractivity contribution in [1.82, 2.24) is 0 Å². The molecule has 1 atom stereocenters. The summed E-state index contributed by atoms with van der Waals surface area (Å²) in [5, 5.41) is 16.9. The van der Waals surface area contributed by atoms with E-state index in [9.17, 15) is 0 Å². The Bertz CT molecular complexity index is 76.0. The molecule has 0 saturated heterocycles. The fourth-order valence-corrected chi connectivity index (χ4v) is 0.767. The van der Waals surface area contributed by atoms with Crippen molar-refractivity contribution in [3.05, 3.63) is 0 Å². The maximum atomic E-state index is 8.45. The van der Waals surface area contributed by atoms with E-state index in [0.717, 1.165) is 19.3 Å². The molecular weight excluding hydrogens is 130 g/mol. The molecule has 0 amide bonds. The Morgan fingerprint density at radius 1 is 1.30 bits per heavy atom. The van der Waals surface area contributed by atoms with E-state index >= 15 is 0 Å². The first-order chi connectivity index (χ1) is 4.66. The molecule has 0 aromatic carbocycles. The minimum absolute atomic E-state index is 0.221. The van der Waals surface area contributed by atoms with E-state index in [1.54, 1.807) is 0 Å². The summed E-state index contributed by atoms with van der Waals surface area (Å²) in [6, 6.07) is 0.221. The number of aliphatic hydroxyl groups is 2. The first kappa shape index (κ1) is 9.88. The van der Waals surface area contributed by atoms with Gasteiger partial charge in [0.05, 0.1) is 0 Å². The van der Waals surface area contributed by atoms with Crippen LogP contribution in [-0.2, 0) is 0 Å². The number of aliphatic hydroxyl groups excluding tert-OH is 1. The second-order valence-electron chi connectivity index (χ2n) is 2.58. The SMILES string of the molecule is CCC(N)CCCC(O)O. The van der Waals surface area contributed by atoms with Gasteiger partial charge in [-0.1, -0.05) is 6.92 Å². The molecule has 62 valence electrons. The molecule has 0 heterocycles. The Balaban J connectivity index is 3.03. The summed E-state index contributed by atoms with van der Waals surface area (Å²) in [4.78, 5) is 0. The number of nitrogens with two attached hydrogens (primary N) is 1. The van der Waals surface area contributed by atoms with Gasteiger partial charge in [-0.15, -0.1) is 0 Å². The molecule has 0 fully saturated rings. The van der Waals surface area contributed by atoms with Gasteiger partial charge in [-0.2, -0.15) is 0 Å². The molecule has 0 aliphatic heterocycles. The van der Waals surface area contributed by atoms with Gasteiger partial charge in [0.2, 0.25) is 0 Å². The van der Waals surface area contributed by atoms with E-state index in [0.29, 0.717) is 6.42 Å². The predicted molar refractivity (Wildman–Crippen MR) is 40.3 cm³/mol. The molecule has 4 N–H and O–H groups in total. The zero-order valence-electron chi connectivity index (χ0n) is 6.45. The van der Waals surface area contributed by atoms with Gasteiger partial charge in [0.25, 0.3) is 0 Å². The summed E-state index contributed by atoms with van der Waals surface area (Å²) < 4.78 is 0. The van der Waals surface area contributed by atoms with Crippen molar-refractivity contribution < 1.29 is 10.2 Å². The van der Waals surface area contributed by atoms with Gasteiger partial charge in [-0.25, -0.2) is 0 Å². The van der Waals surface area contributed by atoms with Crippen LogP contribution in [0.15, 0.2) is 0 Å². The molecule has 0 aliphatic carbocycles. The minimum Gasteiger partial charge on any atom is -0.368 e. The van der Waals surface area contributed by atoms with Crippen LogP contribution in [-0.4, -0.2) is 22.5 Å². The molecule has 0 bridgehead atoms. The largest absolute Gasteiger partial charge is 0.368 e. The van der Waals surface area contributed by atoms with Crippen molar-refractivity contribution in [3.63, 3.8) is 0 Å². The van der Waals surface area contributed by atoms with E-state index in [1.807, 2.05) is 6.92 Å². The van der Waals surface area contributed by atoms with Crippen molar-refractivity contribution in [3.8, 4) is 0 Å². The first-order valence-corrected chi connectivity index (χ1v) is 3.78. The molecular formula is C7H17NO2. The maximum absolute atomic E-state index is 8.45. The number of hydrogen-bond donors (Lipinski definition) is 3. The first-order valence-electron chi connectivity index (χ1n) is 3.78. The summed E-state index contributed by atoms with van der Waals surface area (Å²) in [5.74, 6) is 0. The third-order valence-electron chi connectivity index (χ3n) is 1.56. The fourth-order valence-electron chi connectivity index (χ4n) is 0.767. The van der Waals surface area contributed by atoms with Gasteiger partial charge in [0.15, 0.2) is 6.29 Å². The van der Waals surface area contributed by atoms with E-state index in [-0.39, 0.29) is 6.04 Å². The second-order valence-corrected chi connectivity index (χ2v) is 2.58. The van der Waals surface area contributed by atoms with Gasteiger partial charge in [0, 0.05) is 6.04 Å². The zero-order valence-corrected chi connectivity index (χ0v) is 6.45. The predicted octanol–water partition coefficient (Wildman–Crippen LogP) is 0.205. The molecule has 0 aliphatic rings. The molecule has 0 spiro atoms. The molecule has 0 aromatic rings. The van der Waals surface area contributed by atoms with Gasteiger partial charge >= 0.3 is 0 Å². The lowest BCUT2D eigenvalue weighted by atomic mass is 10.1. The highest BCUT2D eigenvalue weighted by Gasteiger charge is 2.00. The van der Waals surface area contributed by atoms with Gasteiger partial charge in [0.1, 0.15) is 0 Å². The third-order valence-corrected chi connectivity index (χ3v) is 1.56. The third kappa shape index (κ3) is 6.01. The van der Waals surface area contributed by atoms with E-state index in [1.165, 1.54) is 0 Å². The van der Waals surface area contributed by atoms with Crippen LogP contribution < -0.4 is 5.73 Å². The van der Waals surface area contributed by atoms with Crippen molar-refractivity contribution >= 4 is 0 Å². The highest BCUT2D eigenvalue weighted by molar-refractivity contribution is 4.57. The lowest BCUT2D eigenvalue weighted by molar-refractivity contribution is -0.0467. The quantitative estimate of drug-likeness (QED) is 0.487. The van der Waals surface area contributed by atoms with Crippen molar-refractivity contribution in [2.24, 2.45) is 5.73 Å². The lowest BCUT2D eigenvalue weighted by Crippen LogP contribution is -2.18. The highest BCUT2D eigenvalue weighted by atomic mass is 16.5. The van der Waals surface area contributed by atoms with Gasteiger partial charge in [-0.3, -0.25) is 0 Å². The zero-order chi connectivity index (χ0) is 7.98. The van der Waals surface area contributed by atoms with Crippen molar-refractivity contribution in [2.75, 3.05) is 0 Å². The summed E-state index contributed by atoms with van der Waals surface area (Å²) in [7, 11) is 0. The van der Waals surface area contributed by atoms with Crippen LogP contribution in [0.3, 0.4) is 0 Å². The minimum atomic E-state index is -1.16. The molecule has 0 rings (SSSR count). The summed E-state index contributed by atoms with van der Waals surface area (Å²) in [6.07, 6.45) is 1.92. The monoisotopic (exact) mass is 147 g/mol. The molecule has 3 nitrogen and oxygen atoms in total. The second kappa shape index (κ2) is 5.65. The lowest BCUT2D eigenvalue weighted by Gasteiger charge is -2.08. The average Bonchev–Trinajstić information content (AvgIpc) is 1.87. The Labute approximate surface area is 61.9 Å². The van der Waals surface area contributed by atoms with Crippen molar-refractivity contribution in [1.29, 1.82) is 0 Å². The van der Waals surface area contributed by atoms with Gasteiger partial charge < -0.3 is 15.9 Å². The standard InChI is InChI=1S/C7H17NO2/c1-2-6(8)4-3-5-7(9)10/h6-7,9-10H,2-5,8H2,1H3. The van der Waals surface area contributed by atoms with Crippen LogP contribution in [0, 0.1) is 0 Å².